The molecule has 4 rings (SSSR count). The number of H-pyrrole nitrogens is 1. The minimum Gasteiger partial charge on any atom is -0.420 e. The number of aryl methyl sites for hydroxylation is 1. The first-order valence-electron chi connectivity index (χ1n) is 8.15. The number of fused-ring (bicyclic) bond motifs is 1. The molecule has 8 heteroatoms. The van der Waals surface area contributed by atoms with Crippen LogP contribution in [0, 0.1) is 18.3 Å². The van der Waals surface area contributed by atoms with Gasteiger partial charge >= 0.3 is 0 Å². The highest BCUT2D eigenvalue weighted by Crippen LogP contribution is 2.44. The van der Waals surface area contributed by atoms with Crippen LogP contribution in [0.3, 0.4) is 0 Å². The van der Waals surface area contributed by atoms with Gasteiger partial charge in [-0.2, -0.15) is 5.26 Å². The molecule has 1 aromatic carbocycles. The van der Waals surface area contributed by atoms with E-state index >= 15 is 0 Å². The van der Waals surface area contributed by atoms with Gasteiger partial charge in [0.05, 0.1) is 11.5 Å². The summed E-state index contributed by atoms with van der Waals surface area (Å²) in [5.41, 5.74) is 9.33. The van der Waals surface area contributed by atoms with Gasteiger partial charge in [0.2, 0.25) is 11.8 Å². The quantitative estimate of drug-likeness (QED) is 0.590. The van der Waals surface area contributed by atoms with E-state index in [0.717, 1.165) is 31.8 Å². The molecule has 0 saturated heterocycles. The number of nitrogens with two attached hydrogens (primary N) is 1. The van der Waals surface area contributed by atoms with E-state index in [1.165, 1.54) is 5.56 Å². The molecule has 27 heavy (non-hydrogen) atoms. The number of benzene rings is 1. The third kappa shape index (κ3) is 3.44. The largest absolute Gasteiger partial charge is 0.420 e. The van der Waals surface area contributed by atoms with Crippen molar-refractivity contribution >= 4 is 34.7 Å². The Morgan fingerprint density at radius 2 is 2.19 bits per heavy atom. The van der Waals surface area contributed by atoms with E-state index in [1.807, 2.05) is 31.2 Å². The molecule has 1 aliphatic rings. The fraction of sp³-hybridized carbons (Fsp3) is 0.158. The van der Waals surface area contributed by atoms with Crippen molar-refractivity contribution in [3.63, 3.8) is 0 Å². The topological polar surface area (TPSA) is 87.7 Å². The van der Waals surface area contributed by atoms with Crippen molar-refractivity contribution in [3.8, 4) is 11.9 Å². The highest BCUT2D eigenvalue weighted by atomic mass is 35.5. The Morgan fingerprint density at radius 3 is 2.93 bits per heavy atom. The lowest BCUT2D eigenvalue weighted by Gasteiger charge is -2.22. The maximum Gasteiger partial charge on any atom is 0.244 e. The molecule has 0 saturated carbocycles. The zero-order chi connectivity index (χ0) is 19.0. The molecule has 0 bridgehead atoms. The third-order valence-corrected chi connectivity index (χ3v) is 6.69. The number of nitriles is 1. The minimum atomic E-state index is -0.253. The number of ether oxygens (including phenoxy) is 1. The number of thioether (sulfide) groups is 1. The molecule has 2 aromatic heterocycles. The van der Waals surface area contributed by atoms with Crippen LogP contribution in [0.1, 0.15) is 27.6 Å². The maximum atomic E-state index is 9.62. The average Bonchev–Trinajstić information content (AvgIpc) is 3.27. The van der Waals surface area contributed by atoms with Crippen LogP contribution in [0.15, 0.2) is 52.1 Å². The normalized spacial score (nSPS) is 16.0. The van der Waals surface area contributed by atoms with Crippen molar-refractivity contribution in [2.24, 2.45) is 5.73 Å². The number of aromatic amines is 1. The number of hydrogen-bond donors (Lipinski definition) is 2. The van der Waals surface area contributed by atoms with Crippen LogP contribution in [0.2, 0.25) is 5.02 Å². The second kappa shape index (κ2) is 7.31. The van der Waals surface area contributed by atoms with Gasteiger partial charge in [-0.25, -0.2) is 0 Å². The summed E-state index contributed by atoms with van der Waals surface area (Å²) in [5, 5.41) is 19.6. The van der Waals surface area contributed by atoms with Crippen LogP contribution >= 0.6 is 34.7 Å². The summed E-state index contributed by atoms with van der Waals surface area (Å²) in [7, 11) is 0. The summed E-state index contributed by atoms with van der Waals surface area (Å²) in [4.78, 5) is 2.21. The van der Waals surface area contributed by atoms with Gasteiger partial charge in [-0.3, -0.25) is 5.10 Å². The van der Waals surface area contributed by atoms with Gasteiger partial charge in [0, 0.05) is 26.2 Å². The van der Waals surface area contributed by atoms with Crippen molar-refractivity contribution in [2.75, 3.05) is 0 Å². The number of halogens is 1. The number of aromatic nitrogens is 2. The Hall–Kier alpha value is -2.40. The van der Waals surface area contributed by atoms with Gasteiger partial charge in [-0.1, -0.05) is 11.6 Å². The summed E-state index contributed by atoms with van der Waals surface area (Å²) < 4.78 is 5.51. The smallest absolute Gasteiger partial charge is 0.244 e. The average molecular weight is 415 g/mol. The first-order valence-corrected chi connectivity index (χ1v) is 10.4. The van der Waals surface area contributed by atoms with Crippen LogP contribution in [-0.2, 0) is 5.75 Å². The van der Waals surface area contributed by atoms with Crippen LogP contribution < -0.4 is 10.5 Å². The molecule has 0 fully saturated rings. The SMILES string of the molecule is Cc1[nH]nc2c1C(c1cc(CSc3ccc(Cl)cc3)cs1)C(C#N)=C(N)O2. The lowest BCUT2D eigenvalue weighted by atomic mass is 9.89. The molecular weight excluding hydrogens is 400 g/mol. The Morgan fingerprint density at radius 1 is 1.41 bits per heavy atom. The molecule has 5 nitrogen and oxygen atoms in total. The second-order valence-corrected chi connectivity index (χ2v) is 8.52. The first kappa shape index (κ1) is 18.0. The number of nitrogens with zero attached hydrogens (tertiary/aromatic N) is 2. The third-order valence-electron chi connectivity index (χ3n) is 4.31. The van der Waals surface area contributed by atoms with Gasteiger partial charge in [0.1, 0.15) is 11.6 Å². The zero-order valence-corrected chi connectivity index (χ0v) is 16.7. The van der Waals surface area contributed by atoms with E-state index in [-0.39, 0.29) is 11.8 Å². The van der Waals surface area contributed by atoms with Gasteiger partial charge < -0.3 is 10.5 Å². The summed E-state index contributed by atoms with van der Waals surface area (Å²) in [5.74, 6) is 1.14. The lowest BCUT2D eigenvalue weighted by Crippen LogP contribution is -2.20. The van der Waals surface area contributed by atoms with Crippen molar-refractivity contribution in [2.45, 2.75) is 23.5 Å². The van der Waals surface area contributed by atoms with Crippen molar-refractivity contribution in [1.82, 2.24) is 10.2 Å². The van der Waals surface area contributed by atoms with E-state index in [1.54, 1.807) is 23.1 Å². The summed E-state index contributed by atoms with van der Waals surface area (Å²) in [6.45, 7) is 1.92. The number of nitrogens with one attached hydrogen (secondary N) is 1. The Bertz CT molecular complexity index is 1060. The molecule has 0 radical (unpaired) electrons. The number of allylic oxidation sites excluding steroid dienone is 1. The molecule has 0 spiro atoms. The Labute approximate surface area is 169 Å². The molecular formula is C19H15ClN4OS2. The number of rotatable bonds is 4. The standard InChI is InChI=1S/C19H15ClN4OS2/c1-10-16-17(14(7-21)18(22)25-19(16)24-23-10)15-6-11(9-27-15)8-26-13-4-2-12(20)3-5-13/h2-6,9,17H,8,22H2,1H3,(H,23,24). The molecule has 1 aliphatic heterocycles. The van der Waals surface area contributed by atoms with Crippen molar-refractivity contribution in [3.05, 3.63) is 73.9 Å². The molecule has 0 aliphatic carbocycles. The van der Waals surface area contributed by atoms with Gasteiger partial charge in [-0.05, 0) is 48.2 Å². The summed E-state index contributed by atoms with van der Waals surface area (Å²) in [6.07, 6.45) is 0. The zero-order valence-electron chi connectivity index (χ0n) is 14.3. The number of hydrogen-bond acceptors (Lipinski definition) is 6. The molecule has 136 valence electrons. The van der Waals surface area contributed by atoms with Gasteiger partial charge in [-0.15, -0.1) is 28.2 Å². The highest BCUT2D eigenvalue weighted by molar-refractivity contribution is 7.98. The second-order valence-electron chi connectivity index (χ2n) is 6.09. The first-order chi connectivity index (χ1) is 13.1. The summed E-state index contributed by atoms with van der Waals surface area (Å²) in [6, 6.07) is 12.1. The fourth-order valence-electron chi connectivity index (χ4n) is 3.00. The fourth-order valence-corrected chi connectivity index (χ4v) is 5.09. The van der Waals surface area contributed by atoms with Crippen molar-refractivity contribution in [1.29, 1.82) is 5.26 Å². The van der Waals surface area contributed by atoms with E-state index < -0.39 is 0 Å². The molecule has 3 heterocycles. The van der Waals surface area contributed by atoms with E-state index in [4.69, 9.17) is 22.1 Å². The Kier molecular flexibility index (Phi) is 4.87. The van der Waals surface area contributed by atoms with Crippen molar-refractivity contribution < 1.29 is 4.74 Å². The van der Waals surface area contributed by atoms with E-state index in [9.17, 15) is 5.26 Å². The predicted molar refractivity (Wildman–Crippen MR) is 108 cm³/mol. The molecule has 1 unspecified atom stereocenters. The lowest BCUT2D eigenvalue weighted by molar-refractivity contribution is 0.379. The molecule has 1 atom stereocenters. The van der Waals surface area contributed by atoms with Gasteiger partial charge in [0.25, 0.3) is 0 Å². The van der Waals surface area contributed by atoms with Crippen LogP contribution in [0.4, 0.5) is 0 Å². The van der Waals surface area contributed by atoms with Crippen LogP contribution in [0.25, 0.3) is 0 Å². The maximum absolute atomic E-state index is 9.62. The number of thiophene rings is 1. The van der Waals surface area contributed by atoms with Gasteiger partial charge in [0.15, 0.2) is 0 Å². The highest BCUT2D eigenvalue weighted by Gasteiger charge is 2.35. The molecule has 0 amide bonds. The minimum absolute atomic E-state index is 0.118. The monoisotopic (exact) mass is 414 g/mol. The predicted octanol–water partition coefficient (Wildman–Crippen LogP) is 4.94. The molecule has 3 aromatic rings. The summed E-state index contributed by atoms with van der Waals surface area (Å²) >= 11 is 9.30. The van der Waals surface area contributed by atoms with Crippen LogP contribution in [0.5, 0.6) is 5.88 Å². The van der Waals surface area contributed by atoms with Crippen LogP contribution in [-0.4, -0.2) is 10.2 Å². The van der Waals surface area contributed by atoms with E-state index in [2.05, 4.69) is 27.7 Å². The Balaban J connectivity index is 1.61. The van der Waals surface area contributed by atoms with E-state index in [0.29, 0.717) is 11.5 Å². The molecule has 3 N–H and O–H groups in total.